The fourth-order valence-electron chi connectivity index (χ4n) is 10.9. The molecule has 0 saturated heterocycles. The summed E-state index contributed by atoms with van der Waals surface area (Å²) < 4.78 is 9.13. The highest BCUT2D eigenvalue weighted by Crippen LogP contribution is 2.46. The van der Waals surface area contributed by atoms with Gasteiger partial charge in [-0.3, -0.25) is 0 Å². The van der Waals surface area contributed by atoms with Gasteiger partial charge in [-0.1, -0.05) is 152 Å². The lowest BCUT2D eigenvalue weighted by Gasteiger charge is -2.26. The third-order valence-corrected chi connectivity index (χ3v) is 14.2. The molecule has 0 amide bonds. The summed E-state index contributed by atoms with van der Waals surface area (Å²) in [6.07, 6.45) is 2.01. The Morgan fingerprint density at radius 1 is 0.406 bits per heavy atom. The molecule has 0 unspecified atom stereocenters. The molecular formula is C65H43N3O. The fraction of sp³-hybridized carbons (Fsp3) is 0.0308. The first-order valence-electron chi connectivity index (χ1n) is 23.8. The number of rotatable bonds is 7. The van der Waals surface area contributed by atoms with Gasteiger partial charge in [0.15, 0.2) is 0 Å². The topological polar surface area (TPSA) is 34.2 Å². The number of benzene rings is 10. The molecule has 0 saturated carbocycles. The quantitative estimate of drug-likeness (QED) is 0.160. The van der Waals surface area contributed by atoms with Crippen molar-refractivity contribution >= 4 is 71.6 Å². The molecule has 0 N–H and O–H groups in total. The van der Waals surface area contributed by atoms with Crippen LogP contribution in [0.15, 0.2) is 241 Å². The average Bonchev–Trinajstić information content (AvgIpc) is 3.95. The normalized spacial score (nSPS) is 12.2. The van der Waals surface area contributed by atoms with Crippen LogP contribution in [0.4, 0.5) is 17.1 Å². The minimum Gasteiger partial charge on any atom is -0.456 e. The second kappa shape index (κ2) is 15.8. The molecule has 1 aliphatic rings. The molecule has 4 heteroatoms. The van der Waals surface area contributed by atoms with E-state index in [9.17, 15) is 0 Å². The van der Waals surface area contributed by atoms with Crippen LogP contribution in [0.3, 0.4) is 0 Å². The summed E-state index contributed by atoms with van der Waals surface area (Å²) in [4.78, 5) is 7.77. The van der Waals surface area contributed by atoms with Crippen molar-refractivity contribution in [1.82, 2.24) is 9.55 Å². The maximum atomic E-state index is 6.63. The second-order valence-corrected chi connectivity index (χ2v) is 18.2. The van der Waals surface area contributed by atoms with E-state index in [1.807, 2.05) is 0 Å². The lowest BCUT2D eigenvalue weighted by atomic mass is 9.88. The number of hydrogen-bond donors (Lipinski definition) is 0. The minimum absolute atomic E-state index is 0.853. The van der Waals surface area contributed by atoms with Gasteiger partial charge in [0, 0.05) is 72.7 Å². The number of para-hydroxylation sites is 2. The van der Waals surface area contributed by atoms with Crippen LogP contribution >= 0.6 is 0 Å². The van der Waals surface area contributed by atoms with Crippen LogP contribution in [-0.2, 0) is 12.8 Å². The summed E-state index contributed by atoms with van der Waals surface area (Å²) in [6.45, 7) is 0. The third kappa shape index (κ3) is 6.56. The van der Waals surface area contributed by atoms with Gasteiger partial charge in [0.05, 0.1) is 16.7 Å². The van der Waals surface area contributed by atoms with Crippen molar-refractivity contribution in [2.75, 3.05) is 4.90 Å². The highest BCUT2D eigenvalue weighted by atomic mass is 16.3. The van der Waals surface area contributed by atoms with Crippen LogP contribution in [0.2, 0.25) is 0 Å². The molecule has 13 aromatic rings. The van der Waals surface area contributed by atoms with E-state index < -0.39 is 0 Å². The summed E-state index contributed by atoms with van der Waals surface area (Å²) >= 11 is 0. The molecular weight excluding hydrogens is 839 g/mol. The molecule has 14 rings (SSSR count). The van der Waals surface area contributed by atoms with Crippen molar-refractivity contribution in [1.29, 1.82) is 0 Å². The van der Waals surface area contributed by atoms with Gasteiger partial charge in [0.25, 0.3) is 0 Å². The van der Waals surface area contributed by atoms with Crippen molar-refractivity contribution in [2.45, 2.75) is 12.8 Å². The second-order valence-electron chi connectivity index (χ2n) is 18.2. The fourth-order valence-corrected chi connectivity index (χ4v) is 10.9. The maximum absolute atomic E-state index is 6.63. The summed E-state index contributed by atoms with van der Waals surface area (Å²) in [6, 6.07) is 85.4. The highest BCUT2D eigenvalue weighted by molar-refractivity contribution is 6.11. The maximum Gasteiger partial charge on any atom is 0.137 e. The van der Waals surface area contributed by atoms with E-state index in [0.717, 1.165) is 85.1 Å². The molecule has 0 spiro atoms. The average molecular weight is 882 g/mol. The number of nitrogens with zero attached hydrogens (tertiary/aromatic N) is 3. The van der Waals surface area contributed by atoms with E-state index in [1.165, 1.54) is 60.9 Å². The standard InChI is InChI=1S/C65H43N3O/c1-3-13-42(14-4-1)43-23-29-51(30-24-43)67(53-33-35-55-58-37-46-16-7-8-17-47(46)40-62(58)69-63(55)41-53)52-31-25-45(26-32-52)65-57(38-49-18-10-12-22-59(49)66-65)48-27-34-56-61(39-48)68(50-19-5-2-6-20-50)60-36-28-44-15-9-11-21-54(44)64(56)60/h1-27,29-35,37-41H,28,36H2. The number of anilines is 3. The summed E-state index contributed by atoms with van der Waals surface area (Å²) in [5, 5.41) is 6.97. The predicted octanol–water partition coefficient (Wildman–Crippen LogP) is 17.5. The van der Waals surface area contributed by atoms with Gasteiger partial charge in [0.2, 0.25) is 0 Å². The lowest BCUT2D eigenvalue weighted by Crippen LogP contribution is -2.09. The Morgan fingerprint density at radius 3 is 1.81 bits per heavy atom. The Labute approximate surface area is 399 Å². The molecule has 1 aliphatic carbocycles. The minimum atomic E-state index is 0.853. The zero-order valence-electron chi connectivity index (χ0n) is 37.7. The van der Waals surface area contributed by atoms with Crippen LogP contribution in [0.1, 0.15) is 11.3 Å². The van der Waals surface area contributed by atoms with E-state index >= 15 is 0 Å². The van der Waals surface area contributed by atoms with Crippen molar-refractivity contribution < 1.29 is 4.42 Å². The van der Waals surface area contributed by atoms with Gasteiger partial charge in [-0.05, 0) is 130 Å². The molecule has 0 fully saturated rings. The van der Waals surface area contributed by atoms with Crippen LogP contribution < -0.4 is 4.90 Å². The molecule has 0 aliphatic heterocycles. The van der Waals surface area contributed by atoms with E-state index in [4.69, 9.17) is 9.40 Å². The van der Waals surface area contributed by atoms with Gasteiger partial charge < -0.3 is 13.9 Å². The molecule has 69 heavy (non-hydrogen) atoms. The number of furan rings is 1. The number of hydrogen-bond acceptors (Lipinski definition) is 3. The molecule has 0 bridgehead atoms. The number of pyridine rings is 1. The highest BCUT2D eigenvalue weighted by Gasteiger charge is 2.26. The monoisotopic (exact) mass is 881 g/mol. The van der Waals surface area contributed by atoms with E-state index in [0.29, 0.717) is 0 Å². The van der Waals surface area contributed by atoms with Crippen molar-refractivity contribution in [3.63, 3.8) is 0 Å². The Hall–Kier alpha value is -8.99. The third-order valence-electron chi connectivity index (χ3n) is 14.2. The van der Waals surface area contributed by atoms with Gasteiger partial charge in [0.1, 0.15) is 11.2 Å². The Morgan fingerprint density at radius 2 is 1.01 bits per heavy atom. The largest absolute Gasteiger partial charge is 0.456 e. The zero-order chi connectivity index (χ0) is 45.4. The molecule has 4 nitrogen and oxygen atoms in total. The first kappa shape index (κ1) is 39.2. The zero-order valence-corrected chi connectivity index (χ0v) is 37.7. The predicted molar refractivity (Wildman–Crippen MR) is 287 cm³/mol. The van der Waals surface area contributed by atoms with Gasteiger partial charge in [-0.2, -0.15) is 0 Å². The van der Waals surface area contributed by atoms with Crippen LogP contribution in [0.5, 0.6) is 0 Å². The number of aryl methyl sites for hydroxylation is 1. The van der Waals surface area contributed by atoms with Crippen LogP contribution in [0.25, 0.3) is 105 Å². The SMILES string of the molecule is c1ccc(-c2ccc(N(c3ccc(-c4nc5ccccc5cc4-c4ccc5c6c(n(-c7ccccc7)c5c4)CCc4ccccc4-6)cc3)c3ccc4c(c3)oc3cc5ccccc5cc34)cc2)cc1. The lowest BCUT2D eigenvalue weighted by molar-refractivity contribution is 0.669. The Kier molecular flexibility index (Phi) is 8.99. The molecule has 0 radical (unpaired) electrons. The summed E-state index contributed by atoms with van der Waals surface area (Å²) in [5.74, 6) is 0. The van der Waals surface area contributed by atoms with Crippen molar-refractivity contribution in [3.8, 4) is 50.3 Å². The smallest absolute Gasteiger partial charge is 0.137 e. The van der Waals surface area contributed by atoms with E-state index in [1.54, 1.807) is 0 Å². The molecule has 0 atom stereocenters. The van der Waals surface area contributed by atoms with E-state index in [-0.39, 0.29) is 0 Å². The molecule has 10 aromatic carbocycles. The van der Waals surface area contributed by atoms with Gasteiger partial charge in [-0.25, -0.2) is 4.98 Å². The van der Waals surface area contributed by atoms with Gasteiger partial charge >= 0.3 is 0 Å². The first-order valence-corrected chi connectivity index (χ1v) is 23.8. The Bertz CT molecular complexity index is 4110. The van der Waals surface area contributed by atoms with Crippen LogP contribution in [0, 0.1) is 0 Å². The van der Waals surface area contributed by atoms with Crippen molar-refractivity contribution in [2.24, 2.45) is 0 Å². The molecule has 324 valence electrons. The molecule has 3 heterocycles. The van der Waals surface area contributed by atoms with Crippen molar-refractivity contribution in [3.05, 3.63) is 248 Å². The molecule has 3 aromatic heterocycles. The summed E-state index contributed by atoms with van der Waals surface area (Å²) in [5.41, 5.74) is 20.2. The van der Waals surface area contributed by atoms with Crippen LogP contribution in [-0.4, -0.2) is 9.55 Å². The van der Waals surface area contributed by atoms with E-state index in [2.05, 4.69) is 246 Å². The summed E-state index contributed by atoms with van der Waals surface area (Å²) in [7, 11) is 0. The van der Waals surface area contributed by atoms with Gasteiger partial charge in [-0.15, -0.1) is 0 Å². The number of fused-ring (bicyclic) bond motifs is 10. The number of aromatic nitrogens is 2. The first-order chi connectivity index (χ1) is 34.2. The Balaban J connectivity index is 0.911.